The number of hydrogen-bond donors (Lipinski definition) is 1. The first kappa shape index (κ1) is 13.3. The van der Waals surface area contributed by atoms with Crippen molar-refractivity contribution in [2.75, 3.05) is 37.6 Å². The summed E-state index contributed by atoms with van der Waals surface area (Å²) in [6.07, 6.45) is 1.78. The van der Waals surface area contributed by atoms with Gasteiger partial charge in [0.2, 0.25) is 0 Å². The van der Waals surface area contributed by atoms with Crippen molar-refractivity contribution in [3.63, 3.8) is 0 Å². The van der Waals surface area contributed by atoms with Crippen LogP contribution in [0.15, 0.2) is 18.3 Å². The highest BCUT2D eigenvalue weighted by atomic mass is 16.3. The fourth-order valence-electron chi connectivity index (χ4n) is 2.41. The summed E-state index contributed by atoms with van der Waals surface area (Å²) in [5.74, 6) is 1.72. The van der Waals surface area contributed by atoms with E-state index in [9.17, 15) is 0 Å². The second kappa shape index (κ2) is 6.16. The van der Waals surface area contributed by atoms with Crippen LogP contribution in [-0.4, -0.2) is 47.7 Å². The molecule has 1 N–H and O–H groups in total. The molecule has 100 valence electrons. The summed E-state index contributed by atoms with van der Waals surface area (Å²) in [6.45, 7) is 10.0. The minimum absolute atomic E-state index is 0.0861. The maximum absolute atomic E-state index is 9.15. The molecular formula is C14H23N3O. The van der Waals surface area contributed by atoms with E-state index in [1.54, 1.807) is 6.20 Å². The molecule has 0 radical (unpaired) electrons. The molecule has 2 rings (SSSR count). The molecule has 0 aromatic carbocycles. The molecule has 0 amide bonds. The molecule has 1 aromatic heterocycles. The molecule has 2 heterocycles. The molecule has 4 nitrogen and oxygen atoms in total. The topological polar surface area (TPSA) is 39.6 Å². The molecule has 4 heteroatoms. The van der Waals surface area contributed by atoms with Crippen molar-refractivity contribution in [3.8, 4) is 0 Å². The Morgan fingerprint density at radius 1 is 1.28 bits per heavy atom. The minimum atomic E-state index is 0.0861. The number of rotatable bonds is 4. The Balaban J connectivity index is 1.92. The summed E-state index contributed by atoms with van der Waals surface area (Å²) in [5, 5.41) is 9.15. The number of aromatic nitrogens is 1. The summed E-state index contributed by atoms with van der Waals surface area (Å²) in [5.41, 5.74) is 0.935. The van der Waals surface area contributed by atoms with Crippen molar-refractivity contribution < 1.29 is 5.11 Å². The SMILES string of the molecule is CC(C)CN1CCN(c2cc(CO)ccn2)CC1. The van der Waals surface area contributed by atoms with E-state index in [0.717, 1.165) is 43.5 Å². The third kappa shape index (κ3) is 3.43. The highest BCUT2D eigenvalue weighted by Gasteiger charge is 2.18. The number of anilines is 1. The maximum Gasteiger partial charge on any atom is 0.128 e. The van der Waals surface area contributed by atoms with Crippen LogP contribution in [0.5, 0.6) is 0 Å². The van der Waals surface area contributed by atoms with Gasteiger partial charge in [-0.15, -0.1) is 0 Å². The molecule has 0 aliphatic carbocycles. The predicted molar refractivity (Wildman–Crippen MR) is 73.7 cm³/mol. The number of pyridine rings is 1. The van der Waals surface area contributed by atoms with Gasteiger partial charge in [0.15, 0.2) is 0 Å². The van der Waals surface area contributed by atoms with Gasteiger partial charge in [0.25, 0.3) is 0 Å². The number of aliphatic hydroxyl groups is 1. The molecule has 0 unspecified atom stereocenters. The number of aliphatic hydroxyl groups excluding tert-OH is 1. The van der Waals surface area contributed by atoms with Crippen molar-refractivity contribution in [2.45, 2.75) is 20.5 Å². The summed E-state index contributed by atoms with van der Waals surface area (Å²) >= 11 is 0. The molecule has 1 aliphatic heterocycles. The largest absolute Gasteiger partial charge is 0.392 e. The van der Waals surface area contributed by atoms with Gasteiger partial charge in [0.05, 0.1) is 6.61 Å². The normalized spacial score (nSPS) is 17.4. The third-order valence-electron chi connectivity index (χ3n) is 3.31. The van der Waals surface area contributed by atoms with Gasteiger partial charge in [-0.25, -0.2) is 4.98 Å². The average molecular weight is 249 g/mol. The Bertz CT molecular complexity index is 373. The molecule has 1 fully saturated rings. The average Bonchev–Trinajstić information content (AvgIpc) is 2.39. The molecule has 18 heavy (non-hydrogen) atoms. The summed E-state index contributed by atoms with van der Waals surface area (Å²) in [7, 11) is 0. The van der Waals surface area contributed by atoms with Crippen LogP contribution in [0.1, 0.15) is 19.4 Å². The fraction of sp³-hybridized carbons (Fsp3) is 0.643. The van der Waals surface area contributed by atoms with Crippen LogP contribution in [0, 0.1) is 5.92 Å². The van der Waals surface area contributed by atoms with Gasteiger partial charge < -0.3 is 10.0 Å². The van der Waals surface area contributed by atoms with E-state index in [1.807, 2.05) is 12.1 Å². The lowest BCUT2D eigenvalue weighted by Crippen LogP contribution is -2.47. The van der Waals surface area contributed by atoms with Gasteiger partial charge in [0, 0.05) is 38.9 Å². The van der Waals surface area contributed by atoms with Gasteiger partial charge in [0.1, 0.15) is 5.82 Å². The zero-order valence-corrected chi connectivity index (χ0v) is 11.3. The first-order chi connectivity index (χ1) is 8.69. The van der Waals surface area contributed by atoms with E-state index in [1.165, 1.54) is 6.54 Å². The van der Waals surface area contributed by atoms with Gasteiger partial charge in [-0.3, -0.25) is 4.90 Å². The Labute approximate surface area is 109 Å². The zero-order valence-electron chi connectivity index (χ0n) is 11.3. The van der Waals surface area contributed by atoms with Crippen LogP contribution in [0.4, 0.5) is 5.82 Å². The first-order valence-corrected chi connectivity index (χ1v) is 6.72. The zero-order chi connectivity index (χ0) is 13.0. The Morgan fingerprint density at radius 2 is 2.00 bits per heavy atom. The van der Waals surface area contributed by atoms with Crippen molar-refractivity contribution in [2.24, 2.45) is 5.92 Å². The number of hydrogen-bond acceptors (Lipinski definition) is 4. The molecule has 0 bridgehead atoms. The monoisotopic (exact) mass is 249 g/mol. The Morgan fingerprint density at radius 3 is 2.61 bits per heavy atom. The highest BCUT2D eigenvalue weighted by molar-refractivity contribution is 5.41. The van der Waals surface area contributed by atoms with E-state index >= 15 is 0 Å². The van der Waals surface area contributed by atoms with Crippen molar-refractivity contribution in [1.82, 2.24) is 9.88 Å². The lowest BCUT2D eigenvalue weighted by atomic mass is 10.2. The third-order valence-corrected chi connectivity index (χ3v) is 3.31. The van der Waals surface area contributed by atoms with E-state index in [0.29, 0.717) is 0 Å². The van der Waals surface area contributed by atoms with Gasteiger partial charge in [-0.1, -0.05) is 13.8 Å². The van der Waals surface area contributed by atoms with Crippen LogP contribution in [0.3, 0.4) is 0 Å². The lowest BCUT2D eigenvalue weighted by molar-refractivity contribution is 0.231. The van der Waals surface area contributed by atoms with E-state index < -0.39 is 0 Å². The lowest BCUT2D eigenvalue weighted by Gasteiger charge is -2.36. The molecule has 0 saturated carbocycles. The summed E-state index contributed by atoms with van der Waals surface area (Å²) in [6, 6.07) is 3.84. The number of piperazine rings is 1. The molecule has 1 saturated heterocycles. The molecule has 1 aliphatic rings. The van der Waals surface area contributed by atoms with Crippen LogP contribution in [-0.2, 0) is 6.61 Å². The Hall–Kier alpha value is -1.13. The van der Waals surface area contributed by atoms with Crippen LogP contribution < -0.4 is 4.90 Å². The van der Waals surface area contributed by atoms with Crippen LogP contribution in [0.2, 0.25) is 0 Å². The van der Waals surface area contributed by atoms with Crippen molar-refractivity contribution >= 4 is 5.82 Å². The van der Waals surface area contributed by atoms with E-state index in [2.05, 4.69) is 28.6 Å². The van der Waals surface area contributed by atoms with Crippen molar-refractivity contribution in [1.29, 1.82) is 0 Å². The molecule has 0 atom stereocenters. The smallest absolute Gasteiger partial charge is 0.128 e. The van der Waals surface area contributed by atoms with Gasteiger partial charge >= 0.3 is 0 Å². The van der Waals surface area contributed by atoms with Crippen molar-refractivity contribution in [3.05, 3.63) is 23.9 Å². The van der Waals surface area contributed by atoms with Crippen LogP contribution in [0.25, 0.3) is 0 Å². The summed E-state index contributed by atoms with van der Waals surface area (Å²) in [4.78, 5) is 9.21. The van der Waals surface area contributed by atoms with Gasteiger partial charge in [-0.2, -0.15) is 0 Å². The van der Waals surface area contributed by atoms with E-state index in [4.69, 9.17) is 5.11 Å². The predicted octanol–water partition coefficient (Wildman–Crippen LogP) is 1.35. The highest BCUT2D eigenvalue weighted by Crippen LogP contribution is 2.15. The standard InChI is InChI=1S/C14H23N3O/c1-12(2)10-16-5-7-17(8-6-16)14-9-13(11-18)3-4-15-14/h3-4,9,12,18H,5-8,10-11H2,1-2H3. The molecule has 0 spiro atoms. The first-order valence-electron chi connectivity index (χ1n) is 6.72. The molecular weight excluding hydrogens is 226 g/mol. The second-order valence-corrected chi connectivity index (χ2v) is 5.36. The Kier molecular flexibility index (Phi) is 4.55. The van der Waals surface area contributed by atoms with Gasteiger partial charge in [-0.05, 0) is 23.6 Å². The molecule has 1 aromatic rings. The maximum atomic E-state index is 9.15. The second-order valence-electron chi connectivity index (χ2n) is 5.36. The van der Waals surface area contributed by atoms with Crippen LogP contribution >= 0.6 is 0 Å². The fourth-order valence-corrected chi connectivity index (χ4v) is 2.41. The minimum Gasteiger partial charge on any atom is -0.392 e. The quantitative estimate of drug-likeness (QED) is 0.874. The van der Waals surface area contributed by atoms with E-state index in [-0.39, 0.29) is 6.61 Å². The number of nitrogens with zero attached hydrogens (tertiary/aromatic N) is 3. The summed E-state index contributed by atoms with van der Waals surface area (Å²) < 4.78 is 0.